The smallest absolute Gasteiger partial charge is 0.296 e. The molecular weight excluding hydrogens is 365 g/mol. The van der Waals surface area contributed by atoms with Gasteiger partial charge in [0.15, 0.2) is 14.0 Å². The van der Waals surface area contributed by atoms with Crippen molar-refractivity contribution >= 4 is 21.4 Å². The Morgan fingerprint density at radius 1 is 1.22 bits per heavy atom. The Balaban J connectivity index is 2.08. The number of allylic oxidation sites excluding steroid dienone is 3. The third kappa shape index (κ3) is 3.56. The summed E-state index contributed by atoms with van der Waals surface area (Å²) in [5.41, 5.74) is 0. The molecule has 1 saturated heterocycles. The van der Waals surface area contributed by atoms with Crippen LogP contribution < -0.4 is 0 Å². The van der Waals surface area contributed by atoms with Crippen molar-refractivity contribution in [3.05, 3.63) is 24.3 Å². The van der Waals surface area contributed by atoms with Crippen LogP contribution in [-0.2, 0) is 9.84 Å². The number of halogens is 6. The van der Waals surface area contributed by atoms with Gasteiger partial charge in [0.1, 0.15) is 0 Å². The molecule has 0 N–H and O–H groups in total. The van der Waals surface area contributed by atoms with Crippen molar-refractivity contribution in [3.63, 3.8) is 0 Å². The van der Waals surface area contributed by atoms with Crippen LogP contribution in [0.3, 0.4) is 0 Å². The number of nitrogens with zero attached hydrogens (tertiary/aromatic N) is 1. The Bertz CT molecular complexity index is 616. The molecule has 0 unspecified atom stereocenters. The summed E-state index contributed by atoms with van der Waals surface area (Å²) in [7, 11) is -3.93. The molecule has 0 spiro atoms. The largest absolute Gasteiger partial charge is 0.454 e. The summed E-state index contributed by atoms with van der Waals surface area (Å²) < 4.78 is 86.3. The van der Waals surface area contributed by atoms with Gasteiger partial charge in [-0.05, 0) is 19.0 Å². The number of alkyl halides is 6. The first-order valence-corrected chi connectivity index (χ1v) is 8.75. The maximum Gasteiger partial charge on any atom is 0.454 e. The molecule has 2 rings (SSSR count). The van der Waals surface area contributed by atoms with Gasteiger partial charge in [0.25, 0.3) is 0 Å². The van der Waals surface area contributed by atoms with E-state index in [4.69, 9.17) is 11.6 Å². The standard InChI is InChI=1S/C13H15ClF5NO2S/c14-11(5-2-1-3-6-11)23(21,22)10-4-7-20(8-10)9-12(15,16)13(17,18)19/h1-3,5,10H,4,6-9H2/t10-,11+/m1/s1. The minimum atomic E-state index is -5.66. The van der Waals surface area contributed by atoms with Crippen molar-refractivity contribution < 1.29 is 30.4 Å². The van der Waals surface area contributed by atoms with Crippen LogP contribution in [0, 0.1) is 0 Å². The number of likely N-dealkylation sites (tertiary alicyclic amines) is 1. The second kappa shape index (κ2) is 6.00. The lowest BCUT2D eigenvalue weighted by Crippen LogP contribution is -2.47. The van der Waals surface area contributed by atoms with Gasteiger partial charge in [-0.25, -0.2) is 8.42 Å². The molecule has 0 aromatic rings. The van der Waals surface area contributed by atoms with Gasteiger partial charge in [-0.2, -0.15) is 22.0 Å². The summed E-state index contributed by atoms with van der Waals surface area (Å²) in [6, 6.07) is 0. The molecule has 2 atom stereocenters. The van der Waals surface area contributed by atoms with Crippen molar-refractivity contribution in [2.45, 2.75) is 34.4 Å². The minimum Gasteiger partial charge on any atom is -0.296 e. The van der Waals surface area contributed by atoms with Gasteiger partial charge in [0.2, 0.25) is 0 Å². The third-order valence-corrected chi connectivity index (χ3v) is 7.40. The second-order valence-corrected chi connectivity index (χ2v) is 9.05. The Labute approximate surface area is 135 Å². The van der Waals surface area contributed by atoms with E-state index in [0.717, 1.165) is 4.90 Å². The SMILES string of the molecule is O=S(=O)([C@@H]1CCN(CC(F)(F)C(F)(F)F)C1)[C@@]1(Cl)C=CC=CC1. The molecule has 10 heteroatoms. The second-order valence-electron chi connectivity index (χ2n) is 5.67. The molecule has 0 aromatic carbocycles. The zero-order valence-corrected chi connectivity index (χ0v) is 13.4. The summed E-state index contributed by atoms with van der Waals surface area (Å²) in [6.07, 6.45) is 0.310. The lowest BCUT2D eigenvalue weighted by molar-refractivity contribution is -0.285. The molecule has 1 heterocycles. The van der Waals surface area contributed by atoms with Crippen LogP contribution in [0.2, 0.25) is 0 Å². The Hall–Kier alpha value is -0.670. The fourth-order valence-corrected chi connectivity index (χ4v) is 5.14. The van der Waals surface area contributed by atoms with Gasteiger partial charge >= 0.3 is 12.1 Å². The highest BCUT2D eigenvalue weighted by molar-refractivity contribution is 7.95. The van der Waals surface area contributed by atoms with Gasteiger partial charge in [0, 0.05) is 13.0 Å². The molecule has 132 valence electrons. The van der Waals surface area contributed by atoms with Gasteiger partial charge < -0.3 is 0 Å². The highest BCUT2D eigenvalue weighted by Crippen LogP contribution is 2.39. The molecule has 3 nitrogen and oxygen atoms in total. The molecule has 0 radical (unpaired) electrons. The summed E-state index contributed by atoms with van der Waals surface area (Å²) in [5.74, 6) is -4.88. The molecule has 23 heavy (non-hydrogen) atoms. The monoisotopic (exact) mass is 379 g/mol. The Morgan fingerprint density at radius 2 is 1.87 bits per heavy atom. The van der Waals surface area contributed by atoms with Crippen molar-refractivity contribution in [2.24, 2.45) is 0 Å². The zero-order valence-electron chi connectivity index (χ0n) is 11.9. The Kier molecular flexibility index (Phi) is 4.87. The molecule has 1 aliphatic carbocycles. The van der Waals surface area contributed by atoms with E-state index >= 15 is 0 Å². The van der Waals surface area contributed by atoms with E-state index < -0.39 is 37.9 Å². The first-order valence-electron chi connectivity index (χ1n) is 6.83. The lowest BCUT2D eigenvalue weighted by atomic mass is 10.2. The molecule has 1 aliphatic heterocycles. The summed E-state index contributed by atoms with van der Waals surface area (Å²) >= 11 is 6.13. The van der Waals surface area contributed by atoms with Crippen molar-refractivity contribution in [3.8, 4) is 0 Å². The van der Waals surface area contributed by atoms with Crippen molar-refractivity contribution in [2.75, 3.05) is 19.6 Å². The summed E-state index contributed by atoms with van der Waals surface area (Å²) in [6.45, 7) is -2.09. The molecule has 1 fully saturated rings. The quantitative estimate of drug-likeness (QED) is 0.556. The van der Waals surface area contributed by atoms with Crippen LogP contribution in [0.4, 0.5) is 22.0 Å². The fourth-order valence-electron chi connectivity index (χ4n) is 2.63. The molecule has 0 amide bonds. The van der Waals surface area contributed by atoms with Crippen molar-refractivity contribution in [1.82, 2.24) is 4.90 Å². The van der Waals surface area contributed by atoms with Crippen LogP contribution >= 0.6 is 11.6 Å². The van der Waals surface area contributed by atoms with Crippen LogP contribution in [0.15, 0.2) is 24.3 Å². The Morgan fingerprint density at radius 3 is 2.39 bits per heavy atom. The average Bonchev–Trinajstić information content (AvgIpc) is 2.86. The molecule has 0 aromatic heterocycles. The topological polar surface area (TPSA) is 37.4 Å². The normalized spacial score (nSPS) is 30.1. The van der Waals surface area contributed by atoms with E-state index in [9.17, 15) is 30.4 Å². The van der Waals surface area contributed by atoms with Crippen LogP contribution in [0.1, 0.15) is 12.8 Å². The number of hydrogen-bond donors (Lipinski definition) is 0. The summed E-state index contributed by atoms with van der Waals surface area (Å²) in [4.78, 5) is 0.818. The molecule has 0 saturated carbocycles. The van der Waals surface area contributed by atoms with Crippen LogP contribution in [-0.4, -0.2) is 54.5 Å². The first-order chi connectivity index (χ1) is 10.4. The van der Waals surface area contributed by atoms with Crippen LogP contribution in [0.5, 0.6) is 0 Å². The number of rotatable bonds is 4. The first kappa shape index (κ1) is 18.7. The molecule has 2 aliphatic rings. The predicted octanol–water partition coefficient (Wildman–Crippen LogP) is 3.12. The fraction of sp³-hybridized carbons (Fsp3) is 0.692. The van der Waals surface area contributed by atoms with Crippen LogP contribution in [0.25, 0.3) is 0 Å². The summed E-state index contributed by atoms with van der Waals surface area (Å²) in [5, 5.41) is -1.07. The zero-order chi connectivity index (χ0) is 17.5. The van der Waals surface area contributed by atoms with E-state index in [0.29, 0.717) is 0 Å². The number of hydrogen-bond acceptors (Lipinski definition) is 3. The number of sulfone groups is 1. The highest BCUT2D eigenvalue weighted by atomic mass is 35.5. The van der Waals surface area contributed by atoms with Gasteiger partial charge in [0.05, 0.1) is 11.8 Å². The highest BCUT2D eigenvalue weighted by Gasteiger charge is 2.59. The van der Waals surface area contributed by atoms with E-state index in [-0.39, 0.29) is 25.9 Å². The average molecular weight is 380 g/mol. The predicted molar refractivity (Wildman–Crippen MR) is 76.2 cm³/mol. The minimum absolute atomic E-state index is 0.0255. The van der Waals surface area contributed by atoms with Gasteiger partial charge in [-0.3, -0.25) is 4.90 Å². The maximum atomic E-state index is 13.1. The van der Waals surface area contributed by atoms with E-state index in [1.54, 1.807) is 12.2 Å². The maximum absolute atomic E-state index is 13.1. The van der Waals surface area contributed by atoms with Gasteiger partial charge in [-0.1, -0.05) is 29.8 Å². The van der Waals surface area contributed by atoms with Crippen molar-refractivity contribution in [1.29, 1.82) is 0 Å². The van der Waals surface area contributed by atoms with E-state index in [2.05, 4.69) is 0 Å². The van der Waals surface area contributed by atoms with Gasteiger partial charge in [-0.15, -0.1) is 0 Å². The lowest BCUT2D eigenvalue weighted by Gasteiger charge is -2.28. The third-order valence-electron chi connectivity index (χ3n) is 3.97. The molecular formula is C13H15ClF5NO2S. The van der Waals surface area contributed by atoms with E-state index in [1.165, 1.54) is 12.2 Å². The molecule has 0 bridgehead atoms. The van der Waals surface area contributed by atoms with E-state index in [1.807, 2.05) is 0 Å².